The van der Waals surface area contributed by atoms with E-state index in [9.17, 15) is 22.7 Å². The third kappa shape index (κ3) is 7.47. The lowest BCUT2D eigenvalue weighted by atomic mass is 10.2. The molecule has 2 aromatic rings. The van der Waals surface area contributed by atoms with Crippen LogP contribution in [0.3, 0.4) is 0 Å². The third-order valence-electron chi connectivity index (χ3n) is 3.97. The number of nitrogens with zero attached hydrogens (tertiary/aromatic N) is 3. The standard InChI is InChI=1S/C18H20N3O2S.BF4/c1-13-3-5-14(6-4-13)24-18-12-16(21-7-9-23-10-8-21)17(22-2)11-15(18)20-19;2-1(3,4)5/h3-6,11-12H,7-10H2,1-2H3;/q+1;-1. The van der Waals surface area contributed by atoms with Crippen LogP contribution in [-0.2, 0) is 4.74 Å². The Morgan fingerprint density at radius 1 is 1.10 bits per heavy atom. The fourth-order valence-electron chi connectivity index (χ4n) is 2.65. The molecular weight excluding hydrogens is 409 g/mol. The summed E-state index contributed by atoms with van der Waals surface area (Å²) in [7, 11) is -4.37. The maximum absolute atomic E-state index is 9.75. The monoisotopic (exact) mass is 429 g/mol. The van der Waals surface area contributed by atoms with Crippen molar-refractivity contribution in [2.75, 3.05) is 38.3 Å². The summed E-state index contributed by atoms with van der Waals surface area (Å²) in [5.74, 6) is 0.706. The highest BCUT2D eigenvalue weighted by molar-refractivity contribution is 7.99. The smallest absolute Gasteiger partial charge is 0.494 e. The van der Waals surface area contributed by atoms with E-state index in [0.717, 1.165) is 28.6 Å². The molecule has 2 aromatic carbocycles. The van der Waals surface area contributed by atoms with Crippen molar-refractivity contribution in [3.63, 3.8) is 0 Å². The van der Waals surface area contributed by atoms with Gasteiger partial charge >= 0.3 is 12.9 Å². The zero-order valence-electron chi connectivity index (χ0n) is 15.9. The first-order valence-corrected chi connectivity index (χ1v) is 9.54. The SMILES string of the molecule is COc1cc([N+]#N)c(Sc2ccc(C)cc2)cc1N1CCOCC1.F[B-](F)(F)F. The molecule has 0 radical (unpaired) electrons. The highest BCUT2D eigenvalue weighted by Crippen LogP contribution is 2.43. The van der Waals surface area contributed by atoms with Crippen LogP contribution in [-0.4, -0.2) is 40.7 Å². The Hall–Kier alpha value is -2.45. The number of morpholine rings is 1. The Balaban J connectivity index is 0.000000537. The van der Waals surface area contributed by atoms with Crippen molar-refractivity contribution in [1.29, 1.82) is 5.39 Å². The van der Waals surface area contributed by atoms with E-state index >= 15 is 0 Å². The van der Waals surface area contributed by atoms with Crippen molar-refractivity contribution in [1.82, 2.24) is 0 Å². The average molecular weight is 429 g/mol. The number of methoxy groups -OCH3 is 1. The molecule has 1 aliphatic rings. The molecule has 1 fully saturated rings. The van der Waals surface area contributed by atoms with E-state index in [-0.39, 0.29) is 0 Å². The summed E-state index contributed by atoms with van der Waals surface area (Å²) in [6, 6.07) is 12.1. The zero-order valence-corrected chi connectivity index (χ0v) is 16.8. The zero-order chi connectivity index (χ0) is 21.4. The first-order valence-electron chi connectivity index (χ1n) is 8.73. The van der Waals surface area contributed by atoms with Gasteiger partial charge in [0.05, 0.1) is 32.1 Å². The minimum Gasteiger partial charge on any atom is -0.494 e. The number of hydrogen-bond donors (Lipinski definition) is 0. The van der Waals surface area contributed by atoms with Gasteiger partial charge in [-0.1, -0.05) is 29.5 Å². The van der Waals surface area contributed by atoms with Crippen molar-refractivity contribution in [3.05, 3.63) is 46.9 Å². The maximum Gasteiger partial charge on any atom is 0.673 e. The summed E-state index contributed by atoms with van der Waals surface area (Å²) < 4.78 is 49.9. The van der Waals surface area contributed by atoms with Gasteiger partial charge in [-0.2, -0.15) is 0 Å². The molecule has 1 saturated heterocycles. The van der Waals surface area contributed by atoms with Gasteiger partial charge in [-0.05, 0) is 25.1 Å². The van der Waals surface area contributed by atoms with E-state index in [1.165, 1.54) is 5.56 Å². The number of aryl methyl sites for hydroxylation is 1. The number of anilines is 1. The molecule has 11 heteroatoms. The minimum atomic E-state index is -6.00. The van der Waals surface area contributed by atoms with Crippen LogP contribution in [0.2, 0.25) is 0 Å². The van der Waals surface area contributed by atoms with Gasteiger partial charge in [-0.15, -0.1) is 0 Å². The van der Waals surface area contributed by atoms with Crippen molar-refractivity contribution >= 4 is 30.4 Å². The highest BCUT2D eigenvalue weighted by Gasteiger charge is 2.24. The number of diazo groups is 1. The van der Waals surface area contributed by atoms with Gasteiger partial charge in [0.25, 0.3) is 0 Å². The molecule has 3 rings (SSSR count). The summed E-state index contributed by atoms with van der Waals surface area (Å²) in [5, 5.41) is 9.38. The van der Waals surface area contributed by atoms with Crippen LogP contribution in [0.4, 0.5) is 28.6 Å². The lowest BCUT2D eigenvalue weighted by Gasteiger charge is -2.30. The third-order valence-corrected chi connectivity index (χ3v) is 5.02. The number of hydrogen-bond acceptors (Lipinski definition) is 5. The van der Waals surface area contributed by atoms with Crippen LogP contribution in [0.25, 0.3) is 4.98 Å². The first kappa shape index (κ1) is 22.8. The molecule has 29 heavy (non-hydrogen) atoms. The summed E-state index contributed by atoms with van der Waals surface area (Å²) in [4.78, 5) is 7.67. The molecule has 0 atom stereocenters. The van der Waals surface area contributed by atoms with Crippen LogP contribution in [0, 0.1) is 12.3 Å². The van der Waals surface area contributed by atoms with Crippen LogP contribution in [0.5, 0.6) is 5.75 Å². The second-order valence-corrected chi connectivity index (χ2v) is 7.22. The van der Waals surface area contributed by atoms with Gasteiger partial charge < -0.3 is 31.6 Å². The molecule has 0 unspecified atom stereocenters. The van der Waals surface area contributed by atoms with Crippen molar-refractivity contribution in [3.8, 4) is 5.75 Å². The van der Waals surface area contributed by atoms with E-state index in [2.05, 4.69) is 41.1 Å². The van der Waals surface area contributed by atoms with Gasteiger partial charge in [0.2, 0.25) is 5.39 Å². The molecule has 0 saturated carbocycles. The predicted octanol–water partition coefficient (Wildman–Crippen LogP) is 5.78. The van der Waals surface area contributed by atoms with Crippen LogP contribution in [0.15, 0.2) is 46.2 Å². The maximum atomic E-state index is 9.75. The van der Waals surface area contributed by atoms with E-state index in [4.69, 9.17) is 9.47 Å². The number of ether oxygens (including phenoxy) is 2. The molecule has 0 bridgehead atoms. The Bertz CT molecular complexity index is 848. The molecule has 0 amide bonds. The predicted molar refractivity (Wildman–Crippen MR) is 106 cm³/mol. The fourth-order valence-corrected chi connectivity index (χ4v) is 3.55. The molecule has 0 aromatic heterocycles. The second kappa shape index (κ2) is 10.4. The number of benzene rings is 2. The molecule has 0 N–H and O–H groups in total. The van der Waals surface area contributed by atoms with E-state index in [1.807, 2.05) is 6.07 Å². The average Bonchev–Trinajstić information content (AvgIpc) is 2.69. The number of halogens is 4. The Kier molecular flexibility index (Phi) is 8.16. The molecule has 156 valence electrons. The van der Waals surface area contributed by atoms with E-state index < -0.39 is 7.25 Å². The molecule has 5 nitrogen and oxygen atoms in total. The van der Waals surface area contributed by atoms with Crippen molar-refractivity contribution < 1.29 is 26.7 Å². The Morgan fingerprint density at radius 2 is 1.69 bits per heavy atom. The fraction of sp³-hybridized carbons (Fsp3) is 0.333. The molecule has 0 aliphatic carbocycles. The van der Waals surface area contributed by atoms with Crippen molar-refractivity contribution in [2.24, 2.45) is 0 Å². The summed E-state index contributed by atoms with van der Waals surface area (Å²) >= 11 is 1.58. The first-order chi connectivity index (χ1) is 13.7. The molecule has 1 aliphatic heterocycles. The van der Waals surface area contributed by atoms with E-state index in [1.54, 1.807) is 24.9 Å². The second-order valence-electron chi connectivity index (χ2n) is 6.10. The summed E-state index contributed by atoms with van der Waals surface area (Å²) in [6.07, 6.45) is 0. The Labute approximate surface area is 170 Å². The van der Waals surface area contributed by atoms with Crippen LogP contribution < -0.4 is 9.64 Å². The summed E-state index contributed by atoms with van der Waals surface area (Å²) in [6.45, 7) is 5.11. The van der Waals surface area contributed by atoms with Crippen LogP contribution in [0.1, 0.15) is 5.56 Å². The van der Waals surface area contributed by atoms with Crippen molar-refractivity contribution in [2.45, 2.75) is 16.7 Å². The lowest BCUT2D eigenvalue weighted by Crippen LogP contribution is -2.36. The lowest BCUT2D eigenvalue weighted by molar-refractivity contribution is 0.122. The van der Waals surface area contributed by atoms with Gasteiger partial charge in [-0.25, -0.2) is 0 Å². The molecule has 1 heterocycles. The molecule has 0 spiro atoms. The minimum absolute atomic E-state index is 0.509. The van der Waals surface area contributed by atoms with Gasteiger partial charge in [0.15, 0.2) is 4.98 Å². The number of rotatable bonds is 4. The topological polar surface area (TPSA) is 49.8 Å². The van der Waals surface area contributed by atoms with E-state index in [0.29, 0.717) is 24.7 Å². The summed E-state index contributed by atoms with van der Waals surface area (Å²) in [5.41, 5.74) is 2.73. The van der Waals surface area contributed by atoms with Crippen LogP contribution >= 0.6 is 11.8 Å². The van der Waals surface area contributed by atoms with Gasteiger partial charge in [0, 0.05) is 18.0 Å². The van der Waals surface area contributed by atoms with Gasteiger partial charge in [-0.3, -0.25) is 0 Å². The largest absolute Gasteiger partial charge is 0.673 e. The highest BCUT2D eigenvalue weighted by atomic mass is 32.2. The normalized spacial score (nSPS) is 13.9. The Morgan fingerprint density at radius 3 is 2.21 bits per heavy atom. The molecular formula is C18H20BF4N3O2S. The van der Waals surface area contributed by atoms with Gasteiger partial charge in [0.1, 0.15) is 10.6 Å². The quantitative estimate of drug-likeness (QED) is 0.351.